The first kappa shape index (κ1) is 10.2. The fraction of sp³-hybridized carbons (Fsp3) is 0.833. The Kier molecular flexibility index (Phi) is 2.67. The van der Waals surface area contributed by atoms with Gasteiger partial charge in [-0.2, -0.15) is 0 Å². The highest BCUT2D eigenvalue weighted by Crippen LogP contribution is 2.36. The lowest BCUT2D eigenvalue weighted by atomic mass is 9.75. The van der Waals surface area contributed by atoms with Gasteiger partial charge in [0.15, 0.2) is 0 Å². The third kappa shape index (κ3) is 1.86. The first-order chi connectivity index (χ1) is 6.60. The molecule has 80 valence electrons. The second-order valence-corrected chi connectivity index (χ2v) is 5.10. The Morgan fingerprint density at radius 2 is 2.21 bits per heavy atom. The first-order valence-electron chi connectivity index (χ1n) is 5.71. The summed E-state index contributed by atoms with van der Waals surface area (Å²) in [5, 5.41) is 10.6. The van der Waals surface area contributed by atoms with E-state index >= 15 is 0 Å². The molecule has 2 fully saturated rings. The van der Waals surface area contributed by atoms with Crippen LogP contribution in [0.15, 0.2) is 11.6 Å². The van der Waals surface area contributed by atoms with Gasteiger partial charge in [-0.25, -0.2) is 0 Å². The van der Waals surface area contributed by atoms with Crippen molar-refractivity contribution in [2.75, 3.05) is 19.6 Å². The van der Waals surface area contributed by atoms with Crippen LogP contribution in [0.5, 0.6) is 0 Å². The molecule has 14 heavy (non-hydrogen) atoms. The Balaban J connectivity index is 2.15. The molecule has 0 aromatic heterocycles. The van der Waals surface area contributed by atoms with E-state index in [9.17, 15) is 5.11 Å². The summed E-state index contributed by atoms with van der Waals surface area (Å²) >= 11 is 0. The van der Waals surface area contributed by atoms with Gasteiger partial charge in [-0.1, -0.05) is 11.6 Å². The van der Waals surface area contributed by atoms with Gasteiger partial charge in [-0.05, 0) is 39.7 Å². The summed E-state index contributed by atoms with van der Waals surface area (Å²) in [6, 6.07) is 0. The van der Waals surface area contributed by atoms with E-state index in [1.54, 1.807) is 0 Å². The average molecular weight is 195 g/mol. The smallest absolute Gasteiger partial charge is 0.0882 e. The van der Waals surface area contributed by atoms with Crippen molar-refractivity contribution >= 4 is 0 Å². The molecule has 3 unspecified atom stereocenters. The number of rotatable bonds is 1. The maximum Gasteiger partial charge on any atom is 0.0882 e. The van der Waals surface area contributed by atoms with Gasteiger partial charge in [0, 0.05) is 19.0 Å². The van der Waals surface area contributed by atoms with Gasteiger partial charge < -0.3 is 10.0 Å². The molecule has 0 radical (unpaired) electrons. The lowest BCUT2D eigenvalue weighted by molar-refractivity contribution is -0.0560. The van der Waals surface area contributed by atoms with E-state index in [2.05, 4.69) is 24.8 Å². The summed E-state index contributed by atoms with van der Waals surface area (Å²) < 4.78 is 0. The van der Waals surface area contributed by atoms with Crippen molar-refractivity contribution in [1.29, 1.82) is 0 Å². The summed E-state index contributed by atoms with van der Waals surface area (Å²) in [6.45, 7) is 7.55. The fourth-order valence-electron chi connectivity index (χ4n) is 2.90. The summed E-state index contributed by atoms with van der Waals surface area (Å²) in [4.78, 5) is 2.49. The zero-order valence-electron chi connectivity index (χ0n) is 9.29. The highest BCUT2D eigenvalue weighted by molar-refractivity contribution is 5.12. The molecule has 0 aromatic rings. The SMILES string of the molecule is CC(C)=CC1(O)CCN2CCCC1C2. The van der Waals surface area contributed by atoms with Gasteiger partial charge >= 0.3 is 0 Å². The van der Waals surface area contributed by atoms with Crippen LogP contribution in [0.25, 0.3) is 0 Å². The van der Waals surface area contributed by atoms with Crippen LogP contribution in [0.3, 0.4) is 0 Å². The summed E-state index contributed by atoms with van der Waals surface area (Å²) in [5.41, 5.74) is 0.738. The molecule has 2 aliphatic heterocycles. The highest BCUT2D eigenvalue weighted by atomic mass is 16.3. The second-order valence-electron chi connectivity index (χ2n) is 5.10. The molecule has 2 saturated heterocycles. The quantitative estimate of drug-likeness (QED) is 0.645. The molecule has 2 bridgehead atoms. The van der Waals surface area contributed by atoms with Gasteiger partial charge in [-0.15, -0.1) is 0 Å². The molecular formula is C12H21NO. The first-order valence-corrected chi connectivity index (χ1v) is 5.71. The Labute approximate surface area is 86.6 Å². The molecule has 3 atom stereocenters. The van der Waals surface area contributed by atoms with E-state index < -0.39 is 5.60 Å². The Morgan fingerprint density at radius 1 is 1.43 bits per heavy atom. The number of piperidine rings is 2. The van der Waals surface area contributed by atoms with E-state index in [0.29, 0.717) is 5.92 Å². The van der Waals surface area contributed by atoms with Crippen LogP contribution < -0.4 is 0 Å². The van der Waals surface area contributed by atoms with Crippen LogP contribution in [-0.4, -0.2) is 35.2 Å². The summed E-state index contributed by atoms with van der Waals surface area (Å²) in [6.07, 6.45) is 5.45. The lowest BCUT2D eigenvalue weighted by Crippen LogP contribution is -2.53. The minimum Gasteiger partial charge on any atom is -0.385 e. The number of allylic oxidation sites excluding steroid dienone is 1. The van der Waals surface area contributed by atoms with Gasteiger partial charge in [0.2, 0.25) is 0 Å². The van der Waals surface area contributed by atoms with Crippen LogP contribution >= 0.6 is 0 Å². The molecule has 0 amide bonds. The number of fused-ring (bicyclic) bond motifs is 2. The lowest BCUT2D eigenvalue weighted by Gasteiger charge is -2.47. The molecule has 2 rings (SSSR count). The van der Waals surface area contributed by atoms with Gasteiger partial charge in [0.05, 0.1) is 5.60 Å². The van der Waals surface area contributed by atoms with Gasteiger partial charge in [0.1, 0.15) is 0 Å². The summed E-state index contributed by atoms with van der Waals surface area (Å²) in [7, 11) is 0. The average Bonchev–Trinajstić information content (AvgIpc) is 2.13. The maximum atomic E-state index is 10.6. The standard InChI is InChI=1S/C12H21NO/c1-10(2)8-12(14)5-7-13-6-3-4-11(12)9-13/h8,11,14H,3-7,9H2,1-2H3. The van der Waals surface area contributed by atoms with Crippen LogP contribution in [0, 0.1) is 5.92 Å². The van der Waals surface area contributed by atoms with Crippen LogP contribution in [-0.2, 0) is 0 Å². The van der Waals surface area contributed by atoms with Crippen LogP contribution in [0.1, 0.15) is 33.1 Å². The third-order valence-corrected chi connectivity index (χ3v) is 3.58. The Bertz CT molecular complexity index is 245. The van der Waals surface area contributed by atoms with Crippen LogP contribution in [0.2, 0.25) is 0 Å². The van der Waals surface area contributed by atoms with Gasteiger partial charge in [0.25, 0.3) is 0 Å². The molecule has 0 saturated carbocycles. The van der Waals surface area contributed by atoms with E-state index in [0.717, 1.165) is 19.5 Å². The number of aliphatic hydroxyl groups is 1. The van der Waals surface area contributed by atoms with E-state index in [1.807, 2.05) is 0 Å². The normalized spacial score (nSPS) is 41.9. The van der Waals surface area contributed by atoms with E-state index in [1.165, 1.54) is 25.0 Å². The largest absolute Gasteiger partial charge is 0.385 e. The molecule has 2 nitrogen and oxygen atoms in total. The monoisotopic (exact) mass is 195 g/mol. The molecular weight excluding hydrogens is 174 g/mol. The Morgan fingerprint density at radius 3 is 2.93 bits per heavy atom. The highest BCUT2D eigenvalue weighted by Gasteiger charge is 2.41. The number of nitrogens with zero attached hydrogens (tertiary/aromatic N) is 1. The molecule has 0 aliphatic carbocycles. The molecule has 2 heteroatoms. The van der Waals surface area contributed by atoms with Crippen molar-refractivity contribution < 1.29 is 5.11 Å². The van der Waals surface area contributed by atoms with Crippen molar-refractivity contribution in [3.05, 3.63) is 11.6 Å². The number of hydrogen-bond acceptors (Lipinski definition) is 2. The molecule has 0 aromatic carbocycles. The van der Waals surface area contributed by atoms with Crippen molar-refractivity contribution in [2.45, 2.75) is 38.7 Å². The minimum atomic E-state index is -0.504. The summed E-state index contributed by atoms with van der Waals surface area (Å²) in [5.74, 6) is 0.472. The predicted molar refractivity (Wildman–Crippen MR) is 58.2 cm³/mol. The van der Waals surface area contributed by atoms with Gasteiger partial charge in [-0.3, -0.25) is 0 Å². The van der Waals surface area contributed by atoms with E-state index in [4.69, 9.17) is 0 Å². The van der Waals surface area contributed by atoms with E-state index in [-0.39, 0.29) is 0 Å². The molecule has 2 heterocycles. The second kappa shape index (κ2) is 3.67. The third-order valence-electron chi connectivity index (χ3n) is 3.58. The maximum absolute atomic E-state index is 10.6. The topological polar surface area (TPSA) is 23.5 Å². The van der Waals surface area contributed by atoms with Crippen LogP contribution in [0.4, 0.5) is 0 Å². The predicted octanol–water partition coefficient (Wildman–Crippen LogP) is 1.80. The molecule has 0 spiro atoms. The Hall–Kier alpha value is -0.340. The fourth-order valence-corrected chi connectivity index (χ4v) is 2.90. The number of hydrogen-bond donors (Lipinski definition) is 1. The van der Waals surface area contributed by atoms with Crippen molar-refractivity contribution in [3.63, 3.8) is 0 Å². The molecule has 1 N–H and O–H groups in total. The van der Waals surface area contributed by atoms with Crippen molar-refractivity contribution in [3.8, 4) is 0 Å². The molecule has 2 aliphatic rings. The minimum absolute atomic E-state index is 0.472. The van der Waals surface area contributed by atoms with Crippen molar-refractivity contribution in [2.24, 2.45) is 5.92 Å². The van der Waals surface area contributed by atoms with Crippen molar-refractivity contribution in [1.82, 2.24) is 4.90 Å². The zero-order chi connectivity index (χ0) is 10.2. The zero-order valence-corrected chi connectivity index (χ0v) is 9.29.